The lowest BCUT2D eigenvalue weighted by molar-refractivity contribution is -0.138. The maximum Gasteiger partial charge on any atom is 0.312 e. The quantitative estimate of drug-likeness (QED) is 0.886. The van der Waals surface area contributed by atoms with Crippen LogP contribution < -0.4 is 5.73 Å². The number of hydrogen-bond acceptors (Lipinski definition) is 2. The molecule has 0 bridgehead atoms. The molecule has 4 heteroatoms. The van der Waals surface area contributed by atoms with Gasteiger partial charge in [0.05, 0.1) is 5.92 Å². The summed E-state index contributed by atoms with van der Waals surface area (Å²) < 4.78 is 0.958. The number of carbonyl (C=O) groups is 1. The molecule has 0 radical (unpaired) electrons. The highest BCUT2D eigenvalue weighted by Crippen LogP contribution is 2.28. The van der Waals surface area contributed by atoms with E-state index in [4.69, 9.17) is 10.8 Å². The van der Waals surface area contributed by atoms with Crippen LogP contribution in [0, 0.1) is 13.8 Å². The Morgan fingerprint density at radius 3 is 2.60 bits per heavy atom. The number of benzene rings is 1. The van der Waals surface area contributed by atoms with E-state index in [0.29, 0.717) is 0 Å². The highest BCUT2D eigenvalue weighted by molar-refractivity contribution is 9.10. The SMILES string of the molecule is Cc1ccc(C(CN)C(=O)O)c(C)c1Br. The Labute approximate surface area is 97.4 Å². The van der Waals surface area contributed by atoms with Crippen molar-refractivity contribution in [3.05, 3.63) is 33.3 Å². The number of aliphatic carboxylic acids is 1. The van der Waals surface area contributed by atoms with E-state index in [9.17, 15) is 4.79 Å². The molecule has 1 aromatic rings. The van der Waals surface area contributed by atoms with Crippen molar-refractivity contribution in [3.8, 4) is 0 Å². The maximum atomic E-state index is 11.0. The molecule has 0 amide bonds. The van der Waals surface area contributed by atoms with Crippen molar-refractivity contribution in [3.63, 3.8) is 0 Å². The molecule has 0 aliphatic heterocycles. The van der Waals surface area contributed by atoms with Crippen LogP contribution in [0.25, 0.3) is 0 Å². The van der Waals surface area contributed by atoms with E-state index in [1.54, 1.807) is 0 Å². The molecular formula is C11H14BrNO2. The maximum absolute atomic E-state index is 11.0. The van der Waals surface area contributed by atoms with Crippen LogP contribution >= 0.6 is 15.9 Å². The van der Waals surface area contributed by atoms with Crippen molar-refractivity contribution < 1.29 is 9.90 Å². The summed E-state index contributed by atoms with van der Waals surface area (Å²) in [6.07, 6.45) is 0. The molecule has 0 aromatic heterocycles. The standard InChI is InChI=1S/C11H14BrNO2/c1-6-3-4-8(7(2)10(6)12)9(5-13)11(14)15/h3-4,9H,5,13H2,1-2H3,(H,14,15). The van der Waals surface area contributed by atoms with Gasteiger partial charge >= 0.3 is 5.97 Å². The first kappa shape index (κ1) is 12.2. The fraction of sp³-hybridized carbons (Fsp3) is 0.364. The second-order valence-corrected chi connectivity index (χ2v) is 4.33. The van der Waals surface area contributed by atoms with Crippen molar-refractivity contribution in [2.24, 2.45) is 5.73 Å². The second-order valence-electron chi connectivity index (χ2n) is 3.54. The predicted molar refractivity (Wildman–Crippen MR) is 63.0 cm³/mol. The van der Waals surface area contributed by atoms with Gasteiger partial charge < -0.3 is 10.8 Å². The van der Waals surface area contributed by atoms with Gasteiger partial charge in [0.15, 0.2) is 0 Å². The summed E-state index contributed by atoms with van der Waals surface area (Å²) in [6, 6.07) is 3.74. The molecule has 0 heterocycles. The fourth-order valence-corrected chi connectivity index (χ4v) is 1.93. The van der Waals surface area contributed by atoms with Crippen LogP contribution in [0.1, 0.15) is 22.6 Å². The van der Waals surface area contributed by atoms with E-state index in [0.717, 1.165) is 21.2 Å². The lowest BCUT2D eigenvalue weighted by Crippen LogP contribution is -2.22. The minimum Gasteiger partial charge on any atom is -0.481 e. The first-order valence-electron chi connectivity index (χ1n) is 4.67. The van der Waals surface area contributed by atoms with Gasteiger partial charge in [-0.25, -0.2) is 0 Å². The summed E-state index contributed by atoms with van der Waals surface area (Å²) >= 11 is 3.44. The minimum atomic E-state index is -0.878. The third-order valence-corrected chi connectivity index (χ3v) is 3.75. The molecule has 0 aliphatic carbocycles. The molecule has 3 nitrogen and oxygen atoms in total. The van der Waals surface area contributed by atoms with Crippen molar-refractivity contribution >= 4 is 21.9 Å². The van der Waals surface area contributed by atoms with E-state index in [-0.39, 0.29) is 6.54 Å². The smallest absolute Gasteiger partial charge is 0.312 e. The highest BCUT2D eigenvalue weighted by atomic mass is 79.9. The Kier molecular flexibility index (Phi) is 3.88. The lowest BCUT2D eigenvalue weighted by Gasteiger charge is -2.15. The van der Waals surface area contributed by atoms with E-state index in [2.05, 4.69) is 15.9 Å². The van der Waals surface area contributed by atoms with Gasteiger partial charge in [0.1, 0.15) is 0 Å². The number of hydrogen-bond donors (Lipinski definition) is 2. The van der Waals surface area contributed by atoms with Crippen LogP contribution in [-0.4, -0.2) is 17.6 Å². The third-order valence-electron chi connectivity index (χ3n) is 2.53. The lowest BCUT2D eigenvalue weighted by atomic mass is 9.94. The average molecular weight is 272 g/mol. The summed E-state index contributed by atoms with van der Waals surface area (Å²) in [4.78, 5) is 11.0. The van der Waals surface area contributed by atoms with Crippen molar-refractivity contribution in [2.75, 3.05) is 6.54 Å². The van der Waals surface area contributed by atoms with E-state index in [1.807, 2.05) is 26.0 Å². The van der Waals surface area contributed by atoms with Crippen LogP contribution in [-0.2, 0) is 4.79 Å². The molecule has 82 valence electrons. The molecule has 3 N–H and O–H groups in total. The Balaban J connectivity index is 3.25. The number of carboxylic acid groups (broad SMARTS) is 1. The van der Waals surface area contributed by atoms with Crippen molar-refractivity contribution in [1.82, 2.24) is 0 Å². The zero-order valence-corrected chi connectivity index (χ0v) is 10.3. The van der Waals surface area contributed by atoms with Gasteiger partial charge in [-0.1, -0.05) is 28.1 Å². The summed E-state index contributed by atoms with van der Waals surface area (Å²) in [6.45, 7) is 3.99. The Bertz CT molecular complexity index is 390. The van der Waals surface area contributed by atoms with Gasteiger partial charge in [-0.15, -0.1) is 0 Å². The molecule has 1 rings (SSSR count). The number of halogens is 1. The largest absolute Gasteiger partial charge is 0.481 e. The van der Waals surface area contributed by atoms with Crippen LogP contribution in [0.3, 0.4) is 0 Å². The molecular weight excluding hydrogens is 258 g/mol. The minimum absolute atomic E-state index is 0.117. The van der Waals surface area contributed by atoms with Crippen LogP contribution in [0.2, 0.25) is 0 Å². The monoisotopic (exact) mass is 271 g/mol. The van der Waals surface area contributed by atoms with E-state index in [1.165, 1.54) is 0 Å². The topological polar surface area (TPSA) is 63.3 Å². The average Bonchev–Trinajstić information content (AvgIpc) is 2.18. The molecule has 0 spiro atoms. The van der Waals surface area contributed by atoms with Gasteiger partial charge in [-0.05, 0) is 30.5 Å². The van der Waals surface area contributed by atoms with Crippen molar-refractivity contribution in [2.45, 2.75) is 19.8 Å². The van der Waals surface area contributed by atoms with Crippen LogP contribution in [0.5, 0.6) is 0 Å². The molecule has 1 aromatic carbocycles. The number of carboxylic acids is 1. The first-order chi connectivity index (χ1) is 6.99. The molecule has 0 fully saturated rings. The second kappa shape index (κ2) is 4.77. The molecule has 15 heavy (non-hydrogen) atoms. The first-order valence-corrected chi connectivity index (χ1v) is 5.46. The Morgan fingerprint density at radius 2 is 2.13 bits per heavy atom. The van der Waals surface area contributed by atoms with Crippen LogP contribution in [0.15, 0.2) is 16.6 Å². The summed E-state index contributed by atoms with van der Waals surface area (Å²) in [5, 5.41) is 9.02. The third kappa shape index (κ3) is 2.38. The molecule has 1 atom stereocenters. The van der Waals surface area contributed by atoms with Crippen molar-refractivity contribution in [1.29, 1.82) is 0 Å². The predicted octanol–water partition coefficient (Wildman–Crippen LogP) is 2.19. The zero-order valence-electron chi connectivity index (χ0n) is 8.75. The molecule has 0 saturated carbocycles. The fourth-order valence-electron chi connectivity index (χ4n) is 1.57. The number of rotatable bonds is 3. The van der Waals surface area contributed by atoms with Gasteiger partial charge in [-0.3, -0.25) is 4.79 Å². The summed E-state index contributed by atoms with van der Waals surface area (Å²) in [5.74, 6) is -1.50. The van der Waals surface area contributed by atoms with Gasteiger partial charge in [0.2, 0.25) is 0 Å². The molecule has 0 aliphatic rings. The van der Waals surface area contributed by atoms with Gasteiger partial charge in [0, 0.05) is 11.0 Å². The molecule has 0 saturated heterocycles. The highest BCUT2D eigenvalue weighted by Gasteiger charge is 2.21. The number of aryl methyl sites for hydroxylation is 1. The normalized spacial score (nSPS) is 12.5. The summed E-state index contributed by atoms with van der Waals surface area (Å²) in [5.41, 5.74) is 8.29. The number of nitrogens with two attached hydrogens (primary N) is 1. The molecule has 1 unspecified atom stereocenters. The van der Waals surface area contributed by atoms with Crippen LogP contribution in [0.4, 0.5) is 0 Å². The van der Waals surface area contributed by atoms with Gasteiger partial charge in [-0.2, -0.15) is 0 Å². The Morgan fingerprint density at radius 1 is 1.53 bits per heavy atom. The zero-order chi connectivity index (χ0) is 11.6. The Hall–Kier alpha value is -0.870. The summed E-state index contributed by atoms with van der Waals surface area (Å²) in [7, 11) is 0. The van der Waals surface area contributed by atoms with E-state index >= 15 is 0 Å². The van der Waals surface area contributed by atoms with E-state index < -0.39 is 11.9 Å². The van der Waals surface area contributed by atoms with Gasteiger partial charge in [0.25, 0.3) is 0 Å².